The van der Waals surface area contributed by atoms with Crippen LogP contribution >= 0.6 is 0 Å². The second-order valence-electron chi connectivity index (χ2n) is 3.41. The molecule has 0 radical (unpaired) electrons. The van der Waals surface area contributed by atoms with Crippen LogP contribution in [-0.4, -0.2) is 4.92 Å². The highest BCUT2D eigenvalue weighted by atomic mass is 19.2. The number of nitro benzene ring substituents is 1. The predicted molar refractivity (Wildman–Crippen MR) is 59.5 cm³/mol. The first kappa shape index (κ1) is 12.0. The van der Waals surface area contributed by atoms with Crippen molar-refractivity contribution >= 4 is 5.69 Å². The van der Waals surface area contributed by atoms with E-state index in [2.05, 4.69) is 0 Å². The Morgan fingerprint density at radius 2 is 1.83 bits per heavy atom. The molecule has 0 bridgehead atoms. The fraction of sp³-hybridized carbons (Fsp3) is 0. The standard InChI is InChI=1S/C12H7F2NO3/c13-10-5-2-6-11(12(10)14)18-9-4-1-3-8(7-9)15(16)17/h1-7H. The van der Waals surface area contributed by atoms with Gasteiger partial charge < -0.3 is 4.74 Å². The average Bonchev–Trinajstić information content (AvgIpc) is 2.35. The van der Waals surface area contributed by atoms with Gasteiger partial charge in [0.1, 0.15) is 5.75 Å². The number of non-ortho nitro benzene ring substituents is 1. The Hall–Kier alpha value is -2.50. The third-order valence-corrected chi connectivity index (χ3v) is 2.17. The van der Waals surface area contributed by atoms with Crippen molar-refractivity contribution in [2.24, 2.45) is 0 Å². The molecule has 0 aliphatic rings. The lowest BCUT2D eigenvalue weighted by Gasteiger charge is -2.06. The molecule has 0 aliphatic heterocycles. The van der Waals surface area contributed by atoms with E-state index in [-0.39, 0.29) is 17.2 Å². The maximum absolute atomic E-state index is 13.3. The van der Waals surface area contributed by atoms with Gasteiger partial charge in [0.15, 0.2) is 11.6 Å². The molecule has 92 valence electrons. The first-order valence-corrected chi connectivity index (χ1v) is 4.94. The Labute approximate surface area is 101 Å². The molecule has 0 N–H and O–H groups in total. The molecule has 0 aromatic heterocycles. The molecule has 0 saturated carbocycles. The maximum Gasteiger partial charge on any atom is 0.273 e. The summed E-state index contributed by atoms with van der Waals surface area (Å²) in [7, 11) is 0. The van der Waals surface area contributed by atoms with E-state index in [0.717, 1.165) is 12.1 Å². The number of hydrogen-bond donors (Lipinski definition) is 0. The number of rotatable bonds is 3. The predicted octanol–water partition coefficient (Wildman–Crippen LogP) is 3.67. The van der Waals surface area contributed by atoms with Crippen molar-refractivity contribution in [3.63, 3.8) is 0 Å². The van der Waals surface area contributed by atoms with E-state index in [1.165, 1.54) is 30.3 Å². The summed E-state index contributed by atoms with van der Waals surface area (Å²) in [5.41, 5.74) is -0.190. The van der Waals surface area contributed by atoms with Crippen molar-refractivity contribution in [1.82, 2.24) is 0 Å². The SMILES string of the molecule is O=[N+]([O-])c1cccc(Oc2cccc(F)c2F)c1. The molecule has 2 aromatic rings. The first-order valence-electron chi connectivity index (χ1n) is 4.94. The van der Waals surface area contributed by atoms with Gasteiger partial charge in [-0.1, -0.05) is 12.1 Å². The summed E-state index contributed by atoms with van der Waals surface area (Å²) in [6.07, 6.45) is 0. The van der Waals surface area contributed by atoms with Gasteiger partial charge in [0.2, 0.25) is 5.82 Å². The zero-order valence-corrected chi connectivity index (χ0v) is 8.97. The molecule has 2 aromatic carbocycles. The van der Waals surface area contributed by atoms with Gasteiger partial charge in [0, 0.05) is 6.07 Å². The van der Waals surface area contributed by atoms with Crippen molar-refractivity contribution in [3.8, 4) is 11.5 Å². The van der Waals surface area contributed by atoms with Crippen LogP contribution in [0.15, 0.2) is 42.5 Å². The number of benzene rings is 2. The molecular weight excluding hydrogens is 244 g/mol. The second kappa shape index (κ2) is 4.79. The van der Waals surface area contributed by atoms with Crippen LogP contribution in [0.2, 0.25) is 0 Å². The zero-order chi connectivity index (χ0) is 13.1. The molecule has 0 spiro atoms. The topological polar surface area (TPSA) is 52.4 Å². The number of nitro groups is 1. The minimum absolute atomic E-state index is 0.0636. The van der Waals surface area contributed by atoms with E-state index >= 15 is 0 Å². The number of nitrogens with zero attached hydrogens (tertiary/aromatic N) is 1. The van der Waals surface area contributed by atoms with Crippen LogP contribution in [0, 0.1) is 21.7 Å². The Balaban J connectivity index is 2.31. The summed E-state index contributed by atoms with van der Waals surface area (Å²) in [4.78, 5) is 9.94. The smallest absolute Gasteiger partial charge is 0.273 e. The molecule has 18 heavy (non-hydrogen) atoms. The number of ether oxygens (including phenoxy) is 1. The zero-order valence-electron chi connectivity index (χ0n) is 8.97. The minimum atomic E-state index is -1.14. The van der Waals surface area contributed by atoms with E-state index in [0.29, 0.717) is 0 Å². The third-order valence-electron chi connectivity index (χ3n) is 2.17. The highest BCUT2D eigenvalue weighted by Crippen LogP contribution is 2.27. The van der Waals surface area contributed by atoms with Crippen molar-refractivity contribution in [2.45, 2.75) is 0 Å². The summed E-state index contributed by atoms with van der Waals surface area (Å²) in [6, 6.07) is 8.68. The highest BCUT2D eigenvalue weighted by molar-refractivity contribution is 5.40. The number of halogens is 2. The normalized spacial score (nSPS) is 10.1. The average molecular weight is 251 g/mol. The monoisotopic (exact) mass is 251 g/mol. The molecule has 0 heterocycles. The largest absolute Gasteiger partial charge is 0.454 e. The van der Waals surface area contributed by atoms with Crippen LogP contribution in [-0.2, 0) is 0 Å². The molecule has 2 rings (SSSR count). The van der Waals surface area contributed by atoms with Crippen LogP contribution in [0.4, 0.5) is 14.5 Å². The van der Waals surface area contributed by atoms with Crippen molar-refractivity contribution in [2.75, 3.05) is 0 Å². The Morgan fingerprint density at radius 3 is 2.56 bits per heavy atom. The lowest BCUT2D eigenvalue weighted by Crippen LogP contribution is -1.93. The van der Waals surface area contributed by atoms with Crippen molar-refractivity contribution in [3.05, 3.63) is 64.2 Å². The van der Waals surface area contributed by atoms with Crippen molar-refractivity contribution in [1.29, 1.82) is 0 Å². The lowest BCUT2D eigenvalue weighted by molar-refractivity contribution is -0.384. The lowest BCUT2D eigenvalue weighted by atomic mass is 10.3. The maximum atomic E-state index is 13.3. The van der Waals surface area contributed by atoms with Crippen LogP contribution in [0.1, 0.15) is 0 Å². The van der Waals surface area contributed by atoms with Gasteiger partial charge in [-0.2, -0.15) is 4.39 Å². The van der Waals surface area contributed by atoms with E-state index in [1.54, 1.807) is 0 Å². The van der Waals surface area contributed by atoms with Gasteiger partial charge >= 0.3 is 0 Å². The van der Waals surface area contributed by atoms with Crippen molar-refractivity contribution < 1.29 is 18.4 Å². The third kappa shape index (κ3) is 2.42. The molecule has 4 nitrogen and oxygen atoms in total. The van der Waals surface area contributed by atoms with Gasteiger partial charge in [-0.05, 0) is 18.2 Å². The van der Waals surface area contributed by atoms with E-state index < -0.39 is 16.6 Å². The quantitative estimate of drug-likeness (QED) is 0.617. The molecular formula is C12H7F2NO3. The Kier molecular flexibility index (Phi) is 3.18. The number of hydrogen-bond acceptors (Lipinski definition) is 3. The first-order chi connectivity index (χ1) is 8.58. The summed E-state index contributed by atoms with van der Waals surface area (Å²) >= 11 is 0. The fourth-order valence-electron chi connectivity index (χ4n) is 1.35. The van der Waals surface area contributed by atoms with Crippen LogP contribution in [0.3, 0.4) is 0 Å². The van der Waals surface area contributed by atoms with Crippen LogP contribution in [0.5, 0.6) is 11.5 Å². The molecule has 0 fully saturated rings. The van der Waals surface area contributed by atoms with E-state index in [4.69, 9.17) is 4.74 Å². The second-order valence-corrected chi connectivity index (χ2v) is 3.41. The summed E-state index contributed by atoms with van der Waals surface area (Å²) in [5.74, 6) is -2.44. The highest BCUT2D eigenvalue weighted by Gasteiger charge is 2.11. The van der Waals surface area contributed by atoms with Gasteiger partial charge in [-0.25, -0.2) is 4.39 Å². The Bertz CT molecular complexity index is 602. The summed E-state index contributed by atoms with van der Waals surface area (Å²) < 4.78 is 31.3. The van der Waals surface area contributed by atoms with E-state index in [1.807, 2.05) is 0 Å². The van der Waals surface area contributed by atoms with Crippen LogP contribution in [0.25, 0.3) is 0 Å². The van der Waals surface area contributed by atoms with Gasteiger partial charge in [0.05, 0.1) is 11.0 Å². The molecule has 0 amide bonds. The fourth-order valence-corrected chi connectivity index (χ4v) is 1.35. The molecule has 0 aliphatic carbocycles. The molecule has 6 heteroatoms. The van der Waals surface area contributed by atoms with Gasteiger partial charge in [0.25, 0.3) is 5.69 Å². The minimum Gasteiger partial charge on any atom is -0.454 e. The van der Waals surface area contributed by atoms with Gasteiger partial charge in [-0.15, -0.1) is 0 Å². The molecule has 0 atom stereocenters. The van der Waals surface area contributed by atoms with Crippen LogP contribution < -0.4 is 4.74 Å². The molecule has 0 unspecified atom stereocenters. The Morgan fingerprint density at radius 1 is 1.11 bits per heavy atom. The summed E-state index contributed by atoms with van der Waals surface area (Å²) in [5, 5.41) is 10.5. The summed E-state index contributed by atoms with van der Waals surface area (Å²) in [6.45, 7) is 0. The van der Waals surface area contributed by atoms with E-state index in [9.17, 15) is 18.9 Å². The molecule has 0 saturated heterocycles. The van der Waals surface area contributed by atoms with Gasteiger partial charge in [-0.3, -0.25) is 10.1 Å².